The number of anilines is 1. The molecule has 0 spiro atoms. The molecule has 2 rings (SSSR count). The SMILES string of the molecule is Cc1cc(NC(=O)c2cncc(C(=O)NCCCN(C)C)c2)no1. The number of carbonyl (C=O) groups excluding carboxylic acids is 2. The second-order valence-electron chi connectivity index (χ2n) is 5.65. The molecule has 0 unspecified atom stereocenters. The Morgan fingerprint density at radius 3 is 2.50 bits per heavy atom. The predicted octanol–water partition coefficient (Wildman–Crippen LogP) is 1.31. The van der Waals surface area contributed by atoms with Crippen molar-refractivity contribution >= 4 is 17.6 Å². The van der Waals surface area contributed by atoms with Crippen LogP contribution in [-0.4, -0.2) is 54.0 Å². The third-order valence-electron chi connectivity index (χ3n) is 3.20. The molecule has 0 aliphatic heterocycles. The van der Waals surface area contributed by atoms with Gasteiger partial charge < -0.3 is 20.1 Å². The quantitative estimate of drug-likeness (QED) is 0.742. The van der Waals surface area contributed by atoms with E-state index in [2.05, 4.69) is 20.8 Å². The van der Waals surface area contributed by atoms with Crippen LogP contribution in [-0.2, 0) is 0 Å². The molecule has 0 atom stereocenters. The molecular formula is C16H21N5O3. The van der Waals surface area contributed by atoms with E-state index < -0.39 is 5.91 Å². The molecule has 24 heavy (non-hydrogen) atoms. The highest BCUT2D eigenvalue weighted by molar-refractivity contribution is 6.05. The van der Waals surface area contributed by atoms with Crippen molar-refractivity contribution in [2.24, 2.45) is 0 Å². The van der Waals surface area contributed by atoms with E-state index in [1.54, 1.807) is 13.0 Å². The summed E-state index contributed by atoms with van der Waals surface area (Å²) < 4.78 is 4.89. The molecule has 2 N–H and O–H groups in total. The number of hydrogen-bond donors (Lipinski definition) is 2. The number of rotatable bonds is 7. The van der Waals surface area contributed by atoms with Crippen LogP contribution < -0.4 is 10.6 Å². The Balaban J connectivity index is 1.94. The van der Waals surface area contributed by atoms with Gasteiger partial charge in [0.1, 0.15) is 5.76 Å². The minimum absolute atomic E-state index is 0.256. The number of aromatic nitrogens is 2. The zero-order valence-electron chi connectivity index (χ0n) is 14.0. The van der Waals surface area contributed by atoms with Gasteiger partial charge in [-0.25, -0.2) is 0 Å². The lowest BCUT2D eigenvalue weighted by atomic mass is 10.2. The maximum Gasteiger partial charge on any atom is 0.258 e. The second-order valence-corrected chi connectivity index (χ2v) is 5.65. The number of pyridine rings is 1. The predicted molar refractivity (Wildman–Crippen MR) is 88.9 cm³/mol. The summed E-state index contributed by atoms with van der Waals surface area (Å²) in [5, 5.41) is 9.09. The van der Waals surface area contributed by atoms with Crippen molar-refractivity contribution in [1.82, 2.24) is 20.4 Å². The smallest absolute Gasteiger partial charge is 0.258 e. The normalized spacial score (nSPS) is 10.7. The van der Waals surface area contributed by atoms with E-state index in [0.29, 0.717) is 23.7 Å². The standard InChI is InChI=1S/C16H21N5O3/c1-11-7-14(20-24-11)19-16(23)13-8-12(9-17-10-13)15(22)18-5-4-6-21(2)3/h7-10H,4-6H2,1-3H3,(H,18,22)(H,19,20,23). The number of carbonyl (C=O) groups is 2. The van der Waals surface area contributed by atoms with E-state index in [1.807, 2.05) is 19.0 Å². The molecule has 8 nitrogen and oxygen atoms in total. The van der Waals surface area contributed by atoms with E-state index in [-0.39, 0.29) is 11.5 Å². The van der Waals surface area contributed by atoms with E-state index in [1.165, 1.54) is 18.5 Å². The van der Waals surface area contributed by atoms with Crippen molar-refractivity contribution in [2.45, 2.75) is 13.3 Å². The van der Waals surface area contributed by atoms with Crippen molar-refractivity contribution in [1.29, 1.82) is 0 Å². The monoisotopic (exact) mass is 331 g/mol. The number of nitrogens with one attached hydrogen (secondary N) is 2. The largest absolute Gasteiger partial charge is 0.360 e. The molecule has 0 radical (unpaired) electrons. The summed E-state index contributed by atoms with van der Waals surface area (Å²) in [7, 11) is 3.95. The minimum Gasteiger partial charge on any atom is -0.360 e. The van der Waals surface area contributed by atoms with Gasteiger partial charge in [0, 0.05) is 25.0 Å². The van der Waals surface area contributed by atoms with E-state index in [0.717, 1.165) is 13.0 Å². The van der Waals surface area contributed by atoms with Crippen molar-refractivity contribution in [3.63, 3.8) is 0 Å². The Labute approximate surface area is 140 Å². The minimum atomic E-state index is -0.405. The molecule has 8 heteroatoms. The number of amides is 2. The van der Waals surface area contributed by atoms with Gasteiger partial charge in [-0.1, -0.05) is 5.16 Å². The van der Waals surface area contributed by atoms with Gasteiger partial charge >= 0.3 is 0 Å². The molecule has 0 saturated heterocycles. The van der Waals surface area contributed by atoms with Crippen LogP contribution in [0.25, 0.3) is 0 Å². The van der Waals surface area contributed by atoms with E-state index in [9.17, 15) is 9.59 Å². The summed E-state index contributed by atoms with van der Waals surface area (Å²) in [6.07, 6.45) is 3.67. The molecule has 2 heterocycles. The van der Waals surface area contributed by atoms with Crippen LogP contribution in [0.5, 0.6) is 0 Å². The van der Waals surface area contributed by atoms with Crippen LogP contribution >= 0.6 is 0 Å². The topological polar surface area (TPSA) is 100 Å². The molecule has 2 aromatic rings. The Morgan fingerprint density at radius 1 is 1.17 bits per heavy atom. The van der Waals surface area contributed by atoms with Gasteiger partial charge in [-0.15, -0.1) is 0 Å². The highest BCUT2D eigenvalue weighted by Gasteiger charge is 2.13. The highest BCUT2D eigenvalue weighted by Crippen LogP contribution is 2.10. The van der Waals surface area contributed by atoms with E-state index in [4.69, 9.17) is 4.52 Å². The number of aryl methyl sites for hydroxylation is 1. The lowest BCUT2D eigenvalue weighted by molar-refractivity contribution is 0.0952. The first-order chi connectivity index (χ1) is 11.5. The molecular weight excluding hydrogens is 310 g/mol. The van der Waals surface area contributed by atoms with Gasteiger partial charge in [0.25, 0.3) is 11.8 Å². The second kappa shape index (κ2) is 8.21. The Hall–Kier alpha value is -2.74. The van der Waals surface area contributed by atoms with Crippen LogP contribution in [0.4, 0.5) is 5.82 Å². The van der Waals surface area contributed by atoms with Gasteiger partial charge in [0.05, 0.1) is 11.1 Å². The fourth-order valence-corrected chi connectivity index (χ4v) is 2.00. The molecule has 0 saturated carbocycles. The summed E-state index contributed by atoms with van der Waals surface area (Å²) in [4.78, 5) is 30.3. The summed E-state index contributed by atoms with van der Waals surface area (Å²) in [6.45, 7) is 3.18. The van der Waals surface area contributed by atoms with E-state index >= 15 is 0 Å². The first-order valence-electron chi connectivity index (χ1n) is 7.58. The van der Waals surface area contributed by atoms with Gasteiger partial charge in [-0.3, -0.25) is 14.6 Å². The zero-order valence-corrected chi connectivity index (χ0v) is 14.0. The molecule has 0 aromatic carbocycles. The van der Waals surface area contributed by atoms with Crippen molar-refractivity contribution in [2.75, 3.05) is 32.5 Å². The molecule has 2 amide bonds. The number of hydrogen-bond acceptors (Lipinski definition) is 6. The maximum absolute atomic E-state index is 12.2. The lowest BCUT2D eigenvalue weighted by Crippen LogP contribution is -2.27. The van der Waals surface area contributed by atoms with Gasteiger partial charge in [0.15, 0.2) is 5.82 Å². The fourth-order valence-electron chi connectivity index (χ4n) is 2.00. The first-order valence-corrected chi connectivity index (χ1v) is 7.58. The van der Waals surface area contributed by atoms with Crippen molar-refractivity contribution in [3.05, 3.63) is 41.4 Å². The van der Waals surface area contributed by atoms with Crippen molar-refractivity contribution in [3.8, 4) is 0 Å². The summed E-state index contributed by atoms with van der Waals surface area (Å²) in [6, 6.07) is 3.10. The van der Waals surface area contributed by atoms with Gasteiger partial charge in [-0.2, -0.15) is 0 Å². The summed E-state index contributed by atoms with van der Waals surface area (Å²) in [5.41, 5.74) is 0.612. The van der Waals surface area contributed by atoms with Crippen LogP contribution in [0.2, 0.25) is 0 Å². The number of nitrogens with zero attached hydrogens (tertiary/aromatic N) is 3. The zero-order chi connectivity index (χ0) is 17.5. The molecule has 128 valence electrons. The Bertz CT molecular complexity index is 711. The third kappa shape index (κ3) is 5.17. The summed E-state index contributed by atoms with van der Waals surface area (Å²) in [5.74, 6) is 0.247. The van der Waals surface area contributed by atoms with Crippen LogP contribution in [0.3, 0.4) is 0 Å². The average Bonchev–Trinajstić information content (AvgIpc) is 2.96. The van der Waals surface area contributed by atoms with Crippen LogP contribution in [0.1, 0.15) is 32.9 Å². The maximum atomic E-state index is 12.2. The average molecular weight is 331 g/mol. The molecule has 0 fully saturated rings. The Morgan fingerprint density at radius 2 is 1.88 bits per heavy atom. The molecule has 0 bridgehead atoms. The van der Waals surface area contributed by atoms with Gasteiger partial charge in [0.2, 0.25) is 0 Å². The van der Waals surface area contributed by atoms with Gasteiger partial charge in [-0.05, 0) is 40.1 Å². The molecule has 0 aliphatic rings. The third-order valence-corrected chi connectivity index (χ3v) is 3.20. The first kappa shape index (κ1) is 17.6. The summed E-state index contributed by atoms with van der Waals surface area (Å²) >= 11 is 0. The highest BCUT2D eigenvalue weighted by atomic mass is 16.5. The molecule has 0 aliphatic carbocycles. The van der Waals surface area contributed by atoms with Crippen LogP contribution in [0.15, 0.2) is 29.0 Å². The lowest BCUT2D eigenvalue weighted by Gasteiger charge is -2.10. The van der Waals surface area contributed by atoms with Crippen LogP contribution in [0, 0.1) is 6.92 Å². The van der Waals surface area contributed by atoms with Crippen molar-refractivity contribution < 1.29 is 14.1 Å². The molecule has 2 aromatic heterocycles. The fraction of sp³-hybridized carbons (Fsp3) is 0.375. The Kier molecular flexibility index (Phi) is 6.02.